The fraction of sp³-hybridized carbons (Fsp3) is 0.348. The van der Waals surface area contributed by atoms with Crippen LogP contribution in [0, 0.1) is 0 Å². The summed E-state index contributed by atoms with van der Waals surface area (Å²) < 4.78 is 43.8. The molecule has 1 aliphatic heterocycles. The maximum atomic E-state index is 13.1. The van der Waals surface area contributed by atoms with Crippen molar-refractivity contribution >= 4 is 26.5 Å². The van der Waals surface area contributed by atoms with Gasteiger partial charge < -0.3 is 19.1 Å². The Hall–Kier alpha value is -2.82. The van der Waals surface area contributed by atoms with Crippen LogP contribution in [0.3, 0.4) is 0 Å². The summed E-state index contributed by atoms with van der Waals surface area (Å²) in [5.74, 6) is 1.72. The monoisotopic (exact) mass is 489 g/mol. The van der Waals surface area contributed by atoms with Gasteiger partial charge in [0, 0.05) is 43.2 Å². The lowest BCUT2D eigenvalue weighted by Crippen LogP contribution is -2.48. The van der Waals surface area contributed by atoms with E-state index < -0.39 is 10.0 Å². The number of rotatable bonds is 8. The van der Waals surface area contributed by atoms with Crippen molar-refractivity contribution in [2.45, 2.75) is 11.8 Å². The molecule has 8 nitrogen and oxygen atoms in total. The fourth-order valence-corrected chi connectivity index (χ4v) is 6.00. The average molecular weight is 490 g/mol. The number of benzene rings is 2. The van der Waals surface area contributed by atoms with Gasteiger partial charge in [-0.25, -0.2) is 13.4 Å². The van der Waals surface area contributed by atoms with Crippen molar-refractivity contribution in [2.24, 2.45) is 0 Å². The van der Waals surface area contributed by atoms with Gasteiger partial charge in [0.15, 0.2) is 16.6 Å². The summed E-state index contributed by atoms with van der Waals surface area (Å²) in [6.45, 7) is 4.50. The molecular formula is C23H27N3O5S2. The zero-order chi connectivity index (χ0) is 23.4. The molecule has 4 rings (SSSR count). The molecule has 1 saturated heterocycles. The largest absolute Gasteiger partial charge is 0.494 e. The van der Waals surface area contributed by atoms with Crippen LogP contribution in [-0.4, -0.2) is 64.7 Å². The molecule has 2 heterocycles. The average Bonchev–Trinajstić information content (AvgIpc) is 3.34. The van der Waals surface area contributed by atoms with E-state index in [9.17, 15) is 8.42 Å². The SMILES string of the molecule is CCOc1ccc(-c2csc(N3CCN(S(=O)(=O)c4ccc(OC)c(OC)c4)CC3)n2)cc1. The minimum Gasteiger partial charge on any atom is -0.494 e. The molecular weight excluding hydrogens is 462 g/mol. The Bertz CT molecular complexity index is 1190. The first kappa shape index (κ1) is 23.3. The first-order valence-electron chi connectivity index (χ1n) is 10.6. The molecule has 3 aromatic rings. The van der Waals surface area contributed by atoms with Gasteiger partial charge in [-0.3, -0.25) is 0 Å². The van der Waals surface area contributed by atoms with Gasteiger partial charge >= 0.3 is 0 Å². The van der Waals surface area contributed by atoms with E-state index in [0.717, 1.165) is 22.1 Å². The summed E-state index contributed by atoms with van der Waals surface area (Å²) in [7, 11) is -0.622. The third-order valence-electron chi connectivity index (χ3n) is 5.46. The molecule has 2 aromatic carbocycles. The third kappa shape index (κ3) is 4.92. The fourth-order valence-electron chi connectivity index (χ4n) is 3.68. The Morgan fingerprint density at radius 1 is 0.970 bits per heavy atom. The lowest BCUT2D eigenvalue weighted by Gasteiger charge is -2.33. The van der Waals surface area contributed by atoms with Gasteiger partial charge in [-0.1, -0.05) is 0 Å². The minimum absolute atomic E-state index is 0.195. The summed E-state index contributed by atoms with van der Waals surface area (Å²) in [6, 6.07) is 12.5. The number of thiazole rings is 1. The number of hydrogen-bond donors (Lipinski definition) is 0. The Morgan fingerprint density at radius 2 is 1.67 bits per heavy atom. The molecule has 0 atom stereocenters. The molecule has 0 N–H and O–H groups in total. The number of ether oxygens (including phenoxy) is 3. The maximum Gasteiger partial charge on any atom is 0.243 e. The van der Waals surface area contributed by atoms with E-state index in [2.05, 4.69) is 4.90 Å². The van der Waals surface area contributed by atoms with Crippen LogP contribution in [0.15, 0.2) is 52.7 Å². The molecule has 0 spiro atoms. The van der Waals surface area contributed by atoms with Gasteiger partial charge in [0.2, 0.25) is 10.0 Å². The highest BCUT2D eigenvalue weighted by Gasteiger charge is 2.30. The van der Waals surface area contributed by atoms with Crippen LogP contribution < -0.4 is 19.1 Å². The highest BCUT2D eigenvalue weighted by molar-refractivity contribution is 7.89. The van der Waals surface area contributed by atoms with Crippen molar-refractivity contribution in [1.29, 1.82) is 0 Å². The minimum atomic E-state index is -3.63. The van der Waals surface area contributed by atoms with Crippen LogP contribution in [0.4, 0.5) is 5.13 Å². The van der Waals surface area contributed by atoms with E-state index in [-0.39, 0.29) is 4.90 Å². The lowest BCUT2D eigenvalue weighted by molar-refractivity contribution is 0.340. The highest BCUT2D eigenvalue weighted by Crippen LogP contribution is 2.32. The molecule has 1 fully saturated rings. The van der Waals surface area contributed by atoms with Gasteiger partial charge in [-0.2, -0.15) is 4.31 Å². The topological polar surface area (TPSA) is 81.2 Å². The molecule has 10 heteroatoms. The smallest absolute Gasteiger partial charge is 0.243 e. The third-order valence-corrected chi connectivity index (χ3v) is 8.25. The van der Waals surface area contributed by atoms with E-state index in [1.54, 1.807) is 23.5 Å². The summed E-state index contributed by atoms with van der Waals surface area (Å²) in [5, 5.41) is 2.92. The molecule has 1 aromatic heterocycles. The Kier molecular flexibility index (Phi) is 7.06. The molecule has 0 unspecified atom stereocenters. The summed E-state index contributed by atoms with van der Waals surface area (Å²) in [4.78, 5) is 7.10. The van der Waals surface area contributed by atoms with Crippen LogP contribution in [0.1, 0.15) is 6.92 Å². The zero-order valence-corrected chi connectivity index (χ0v) is 20.5. The van der Waals surface area contributed by atoms with Gasteiger partial charge in [0.05, 0.1) is 31.4 Å². The molecule has 0 saturated carbocycles. The van der Waals surface area contributed by atoms with Crippen molar-refractivity contribution in [1.82, 2.24) is 9.29 Å². The molecule has 1 aliphatic rings. The predicted molar refractivity (Wildman–Crippen MR) is 129 cm³/mol. The number of hydrogen-bond acceptors (Lipinski definition) is 8. The van der Waals surface area contributed by atoms with Gasteiger partial charge in [0.25, 0.3) is 0 Å². The Labute approximate surface area is 198 Å². The first-order chi connectivity index (χ1) is 16.0. The Balaban J connectivity index is 1.43. The quantitative estimate of drug-likeness (QED) is 0.477. The van der Waals surface area contributed by atoms with Gasteiger partial charge in [-0.05, 0) is 43.3 Å². The van der Waals surface area contributed by atoms with Crippen LogP contribution in [0.5, 0.6) is 17.2 Å². The van der Waals surface area contributed by atoms with E-state index in [1.807, 2.05) is 36.6 Å². The van der Waals surface area contributed by atoms with Crippen LogP contribution >= 0.6 is 11.3 Å². The van der Waals surface area contributed by atoms with E-state index in [4.69, 9.17) is 19.2 Å². The number of anilines is 1. The summed E-state index contributed by atoms with van der Waals surface area (Å²) >= 11 is 1.56. The molecule has 176 valence electrons. The molecule has 0 bridgehead atoms. The van der Waals surface area contributed by atoms with Crippen LogP contribution in [0.2, 0.25) is 0 Å². The second kappa shape index (κ2) is 9.98. The standard InChI is InChI=1S/C23H27N3O5S2/c1-4-31-18-7-5-17(6-8-18)20-16-32-23(24-20)25-11-13-26(14-12-25)33(27,28)19-9-10-21(29-2)22(15-19)30-3/h5-10,15-16H,4,11-14H2,1-3H3. The number of methoxy groups -OCH3 is 2. The Morgan fingerprint density at radius 3 is 2.30 bits per heavy atom. The lowest BCUT2D eigenvalue weighted by atomic mass is 10.2. The number of sulfonamides is 1. The maximum absolute atomic E-state index is 13.1. The molecule has 0 amide bonds. The van der Waals surface area contributed by atoms with Crippen molar-refractivity contribution in [2.75, 3.05) is 51.9 Å². The van der Waals surface area contributed by atoms with Crippen LogP contribution in [0.25, 0.3) is 11.3 Å². The number of nitrogens with zero attached hydrogens (tertiary/aromatic N) is 3. The van der Waals surface area contributed by atoms with E-state index in [0.29, 0.717) is 44.3 Å². The van der Waals surface area contributed by atoms with Crippen molar-refractivity contribution < 1.29 is 22.6 Å². The normalized spacial score (nSPS) is 14.8. The molecule has 0 radical (unpaired) electrons. The predicted octanol–water partition coefficient (Wildman–Crippen LogP) is 3.74. The summed E-state index contributed by atoms with van der Waals surface area (Å²) in [5.41, 5.74) is 1.93. The van der Waals surface area contributed by atoms with Crippen molar-refractivity contribution in [3.05, 3.63) is 47.8 Å². The summed E-state index contributed by atoms with van der Waals surface area (Å²) in [6.07, 6.45) is 0. The molecule has 33 heavy (non-hydrogen) atoms. The van der Waals surface area contributed by atoms with Crippen molar-refractivity contribution in [3.63, 3.8) is 0 Å². The van der Waals surface area contributed by atoms with E-state index in [1.165, 1.54) is 24.6 Å². The van der Waals surface area contributed by atoms with Gasteiger partial charge in [-0.15, -0.1) is 11.3 Å². The van der Waals surface area contributed by atoms with Gasteiger partial charge in [0.1, 0.15) is 5.75 Å². The second-order valence-corrected chi connectivity index (χ2v) is 10.2. The van der Waals surface area contributed by atoms with E-state index >= 15 is 0 Å². The van der Waals surface area contributed by atoms with Crippen LogP contribution in [-0.2, 0) is 10.0 Å². The molecule has 0 aliphatic carbocycles. The zero-order valence-electron chi connectivity index (χ0n) is 18.9. The second-order valence-electron chi connectivity index (χ2n) is 7.38. The van der Waals surface area contributed by atoms with Crippen molar-refractivity contribution in [3.8, 4) is 28.5 Å². The number of piperazine rings is 1. The first-order valence-corrected chi connectivity index (χ1v) is 12.9. The highest BCUT2D eigenvalue weighted by atomic mass is 32.2. The number of aromatic nitrogens is 1.